The van der Waals surface area contributed by atoms with Gasteiger partial charge in [-0.1, -0.05) is 0 Å². The van der Waals surface area contributed by atoms with Crippen molar-refractivity contribution in [3.63, 3.8) is 0 Å². The first-order valence-corrected chi connectivity index (χ1v) is 11.3. The third-order valence-corrected chi connectivity index (χ3v) is 7.11. The molecule has 0 saturated heterocycles. The Morgan fingerprint density at radius 2 is 1.77 bits per heavy atom. The zero-order chi connectivity index (χ0) is 23.0. The van der Waals surface area contributed by atoms with Crippen molar-refractivity contribution in [2.45, 2.75) is 31.9 Å². The number of nitrogens with one attached hydrogen (secondary N) is 1. The van der Waals surface area contributed by atoms with E-state index in [0.717, 1.165) is 14.2 Å². The number of benzene rings is 2. The molecule has 0 radical (unpaired) electrons. The Bertz CT molecular complexity index is 1070. The number of carbonyl (C=O) groups excluding carboxylic acids is 1. The first kappa shape index (κ1) is 22.9. The van der Waals surface area contributed by atoms with E-state index in [1.807, 2.05) is 32.0 Å². The third-order valence-electron chi connectivity index (χ3n) is 5.28. The summed E-state index contributed by atoms with van der Waals surface area (Å²) in [7, 11) is 2.40. The van der Waals surface area contributed by atoms with Crippen LogP contribution in [0.4, 0.5) is 5.69 Å². The van der Waals surface area contributed by atoms with Crippen LogP contribution in [0, 0.1) is 0 Å². The van der Waals surface area contributed by atoms with Crippen molar-refractivity contribution >= 4 is 21.8 Å². The normalized spacial score (nSPS) is 17.5. The average Bonchev–Trinajstić information content (AvgIpc) is 2.72. The second kappa shape index (κ2) is 8.39. The van der Waals surface area contributed by atoms with Gasteiger partial charge in [0.1, 0.15) is 17.1 Å². The highest BCUT2D eigenvalue weighted by atomic mass is 32.2. The van der Waals surface area contributed by atoms with Gasteiger partial charge in [0, 0.05) is 38.7 Å². The van der Waals surface area contributed by atoms with Gasteiger partial charge in [-0.25, -0.2) is 0 Å². The van der Waals surface area contributed by atoms with E-state index in [4.69, 9.17) is 9.47 Å². The van der Waals surface area contributed by atoms with Gasteiger partial charge in [-0.05, 0) is 56.3 Å². The summed E-state index contributed by atoms with van der Waals surface area (Å²) in [5, 5.41) is 3.08. The summed E-state index contributed by atoms with van der Waals surface area (Å²) in [5.41, 5.74) is 1.33. The molecule has 3 rings (SSSR count). The molecule has 0 unspecified atom stereocenters. The van der Waals surface area contributed by atoms with Gasteiger partial charge >= 0.3 is 10.2 Å². The quantitative estimate of drug-likeness (QED) is 0.736. The monoisotopic (exact) mass is 447 g/mol. The highest BCUT2D eigenvalue weighted by molar-refractivity contribution is 7.90. The molecule has 0 fully saturated rings. The lowest BCUT2D eigenvalue weighted by Gasteiger charge is -2.38. The maximum absolute atomic E-state index is 13.0. The van der Waals surface area contributed by atoms with E-state index >= 15 is 0 Å². The molecular formula is C22H29N3O5S. The fraction of sp³-hybridized carbons (Fsp3) is 0.409. The van der Waals surface area contributed by atoms with Crippen LogP contribution >= 0.6 is 0 Å². The highest BCUT2D eigenvalue weighted by Crippen LogP contribution is 2.41. The van der Waals surface area contributed by atoms with Crippen LogP contribution in [-0.4, -0.2) is 52.5 Å². The molecule has 1 atom stereocenters. The van der Waals surface area contributed by atoms with Gasteiger partial charge in [0.05, 0.1) is 18.8 Å². The first-order chi connectivity index (χ1) is 14.4. The summed E-state index contributed by atoms with van der Waals surface area (Å²) in [6, 6.07) is 11.8. The number of hydrogen-bond donors (Lipinski definition) is 1. The number of nitrogens with zero attached hydrogens (tertiary/aromatic N) is 2. The summed E-state index contributed by atoms with van der Waals surface area (Å²) in [5.74, 6) is 1.16. The molecule has 1 heterocycles. The fourth-order valence-corrected chi connectivity index (χ4v) is 4.41. The van der Waals surface area contributed by atoms with Crippen molar-refractivity contribution in [1.29, 1.82) is 0 Å². The molecule has 0 spiro atoms. The van der Waals surface area contributed by atoms with Crippen LogP contribution in [0.3, 0.4) is 0 Å². The van der Waals surface area contributed by atoms with Gasteiger partial charge in [-0.2, -0.15) is 12.7 Å². The summed E-state index contributed by atoms with van der Waals surface area (Å²) in [6.45, 7) is 3.96. The molecule has 0 saturated carbocycles. The van der Waals surface area contributed by atoms with Gasteiger partial charge in [0.2, 0.25) is 0 Å². The van der Waals surface area contributed by atoms with Gasteiger partial charge in [-0.3, -0.25) is 9.10 Å². The Hall–Kier alpha value is -2.78. The van der Waals surface area contributed by atoms with Gasteiger partial charge < -0.3 is 14.8 Å². The minimum absolute atomic E-state index is 0.249. The molecular weight excluding hydrogens is 418 g/mol. The third kappa shape index (κ3) is 4.77. The van der Waals surface area contributed by atoms with Crippen LogP contribution in [-0.2, 0) is 10.2 Å². The first-order valence-electron chi connectivity index (χ1n) is 9.89. The molecule has 1 aliphatic rings. The lowest BCUT2D eigenvalue weighted by Crippen LogP contribution is -2.41. The second-order valence-corrected chi connectivity index (χ2v) is 10.5. The maximum Gasteiger partial charge on any atom is 0.303 e. The number of ether oxygens (including phenoxy) is 2. The summed E-state index contributed by atoms with van der Waals surface area (Å²) in [4.78, 5) is 13.0. The summed E-state index contributed by atoms with van der Waals surface area (Å²) < 4.78 is 38.3. The number of methoxy groups -OCH3 is 1. The van der Waals surface area contributed by atoms with Crippen molar-refractivity contribution < 1.29 is 22.7 Å². The summed E-state index contributed by atoms with van der Waals surface area (Å²) in [6.07, 6.45) is 0.598. The standard InChI is InChI=1S/C22H29N3O5S/c1-22(2)14-19(18-13-17(29-6)11-12-20(18)30-22)23-21(26)15-7-9-16(10-8-15)25(5)31(27,28)24(3)4/h7-13,19H,14H2,1-6H3,(H,23,26)/t19-/m0/s1. The molecule has 31 heavy (non-hydrogen) atoms. The molecule has 1 amide bonds. The zero-order valence-corrected chi connectivity index (χ0v) is 19.5. The van der Waals surface area contributed by atoms with Crippen LogP contribution in [0.25, 0.3) is 0 Å². The smallest absolute Gasteiger partial charge is 0.303 e. The molecule has 8 nitrogen and oxygen atoms in total. The van der Waals surface area contributed by atoms with E-state index in [2.05, 4.69) is 5.32 Å². The number of hydrogen-bond acceptors (Lipinski definition) is 5. The number of amides is 1. The molecule has 2 aromatic carbocycles. The van der Waals surface area contributed by atoms with Crippen LogP contribution in [0.5, 0.6) is 11.5 Å². The molecule has 2 aromatic rings. The lowest BCUT2D eigenvalue weighted by atomic mass is 9.89. The Morgan fingerprint density at radius 3 is 2.35 bits per heavy atom. The maximum atomic E-state index is 13.0. The number of fused-ring (bicyclic) bond motifs is 1. The summed E-state index contributed by atoms with van der Waals surface area (Å²) >= 11 is 0. The largest absolute Gasteiger partial charge is 0.497 e. The molecule has 0 bridgehead atoms. The van der Waals surface area contributed by atoms with Gasteiger partial charge in [0.15, 0.2) is 0 Å². The molecule has 0 aliphatic carbocycles. The van der Waals surface area contributed by atoms with Crippen LogP contribution in [0.2, 0.25) is 0 Å². The van der Waals surface area contributed by atoms with E-state index in [1.54, 1.807) is 31.4 Å². The molecule has 1 N–H and O–H groups in total. The lowest BCUT2D eigenvalue weighted by molar-refractivity contribution is 0.0618. The highest BCUT2D eigenvalue weighted by Gasteiger charge is 2.35. The zero-order valence-electron chi connectivity index (χ0n) is 18.7. The molecule has 1 aliphatic heterocycles. The van der Waals surface area contributed by atoms with E-state index in [0.29, 0.717) is 29.2 Å². The van der Waals surface area contributed by atoms with E-state index in [1.165, 1.54) is 21.1 Å². The Balaban J connectivity index is 1.82. The number of rotatable bonds is 6. The van der Waals surface area contributed by atoms with Gasteiger partial charge in [-0.15, -0.1) is 0 Å². The van der Waals surface area contributed by atoms with Crippen molar-refractivity contribution in [3.05, 3.63) is 53.6 Å². The predicted molar refractivity (Wildman–Crippen MR) is 120 cm³/mol. The van der Waals surface area contributed by atoms with Crippen LogP contribution in [0.1, 0.15) is 42.2 Å². The Kier molecular flexibility index (Phi) is 6.20. The Labute approximate surface area is 183 Å². The average molecular weight is 448 g/mol. The minimum Gasteiger partial charge on any atom is -0.497 e. The number of carbonyl (C=O) groups is 1. The SMILES string of the molecule is COc1ccc2c(c1)[C@@H](NC(=O)c1ccc(N(C)S(=O)(=O)N(C)C)cc1)CC(C)(C)O2. The van der Waals surface area contributed by atoms with Crippen LogP contribution in [0.15, 0.2) is 42.5 Å². The van der Waals surface area contributed by atoms with E-state index in [-0.39, 0.29) is 11.9 Å². The van der Waals surface area contributed by atoms with E-state index in [9.17, 15) is 13.2 Å². The van der Waals surface area contributed by atoms with Crippen molar-refractivity contribution in [1.82, 2.24) is 9.62 Å². The minimum atomic E-state index is -3.60. The predicted octanol–water partition coefficient (Wildman–Crippen LogP) is 2.97. The van der Waals surface area contributed by atoms with Crippen molar-refractivity contribution in [2.75, 3.05) is 32.6 Å². The van der Waals surface area contributed by atoms with E-state index < -0.39 is 15.8 Å². The van der Waals surface area contributed by atoms with Gasteiger partial charge in [0.25, 0.3) is 5.91 Å². The molecule has 168 valence electrons. The molecule has 9 heteroatoms. The number of anilines is 1. The Morgan fingerprint density at radius 1 is 1.13 bits per heavy atom. The second-order valence-electron chi connectivity index (χ2n) is 8.30. The fourth-order valence-electron chi connectivity index (χ4n) is 3.53. The topological polar surface area (TPSA) is 88.2 Å². The van der Waals surface area contributed by atoms with Crippen molar-refractivity contribution in [2.24, 2.45) is 0 Å². The van der Waals surface area contributed by atoms with Crippen LogP contribution < -0.4 is 19.1 Å². The van der Waals surface area contributed by atoms with Crippen molar-refractivity contribution in [3.8, 4) is 11.5 Å². The molecule has 0 aromatic heterocycles.